The van der Waals surface area contributed by atoms with Crippen LogP contribution in [0.3, 0.4) is 0 Å². The van der Waals surface area contributed by atoms with Gasteiger partial charge in [0.2, 0.25) is 5.91 Å². The van der Waals surface area contributed by atoms with Crippen molar-refractivity contribution < 1.29 is 9.53 Å². The lowest BCUT2D eigenvalue weighted by Crippen LogP contribution is -2.19. The molecule has 30 heavy (non-hydrogen) atoms. The van der Waals surface area contributed by atoms with E-state index >= 15 is 0 Å². The highest BCUT2D eigenvalue weighted by Crippen LogP contribution is 2.23. The standard InChI is InChI=1S/C23H25N3O3S/c1-14-8-15(2)22(16(3)9-14)25-20(27)11-18-12-21(28)26-23(24-18)30-13-17-6-5-7-19(10-17)29-4/h5-10,12H,11,13H2,1-4H3,(H,25,27)(H,24,26,28). The van der Waals surface area contributed by atoms with Gasteiger partial charge in [-0.15, -0.1) is 0 Å². The van der Waals surface area contributed by atoms with Gasteiger partial charge in [0.1, 0.15) is 5.75 Å². The van der Waals surface area contributed by atoms with Crippen molar-refractivity contribution in [2.24, 2.45) is 0 Å². The predicted molar refractivity (Wildman–Crippen MR) is 120 cm³/mol. The molecule has 0 radical (unpaired) electrons. The summed E-state index contributed by atoms with van der Waals surface area (Å²) in [5.74, 6) is 1.20. The molecular weight excluding hydrogens is 398 g/mol. The summed E-state index contributed by atoms with van der Waals surface area (Å²) in [6.45, 7) is 5.96. The van der Waals surface area contributed by atoms with Gasteiger partial charge in [-0.2, -0.15) is 0 Å². The Labute approximate surface area is 180 Å². The van der Waals surface area contributed by atoms with E-state index in [0.29, 0.717) is 16.6 Å². The van der Waals surface area contributed by atoms with Crippen LogP contribution in [0.25, 0.3) is 0 Å². The van der Waals surface area contributed by atoms with Gasteiger partial charge in [-0.1, -0.05) is 41.6 Å². The average molecular weight is 424 g/mol. The number of aryl methyl sites for hydroxylation is 3. The molecule has 0 saturated carbocycles. The lowest BCUT2D eigenvalue weighted by Gasteiger charge is -2.13. The van der Waals surface area contributed by atoms with E-state index in [1.165, 1.54) is 17.8 Å². The van der Waals surface area contributed by atoms with E-state index in [1.807, 2.05) is 57.2 Å². The molecule has 0 aliphatic rings. The van der Waals surface area contributed by atoms with Gasteiger partial charge in [0.15, 0.2) is 5.16 Å². The van der Waals surface area contributed by atoms with E-state index in [0.717, 1.165) is 33.7 Å². The molecule has 6 nitrogen and oxygen atoms in total. The summed E-state index contributed by atoms with van der Waals surface area (Å²) in [6.07, 6.45) is 0.0311. The Kier molecular flexibility index (Phi) is 6.95. The number of nitrogens with one attached hydrogen (secondary N) is 2. The number of aromatic amines is 1. The third-order valence-corrected chi connectivity index (χ3v) is 5.51. The van der Waals surface area contributed by atoms with Crippen molar-refractivity contribution in [2.75, 3.05) is 12.4 Å². The van der Waals surface area contributed by atoms with Crippen LogP contribution >= 0.6 is 11.8 Å². The molecule has 0 fully saturated rings. The van der Waals surface area contributed by atoms with Crippen molar-refractivity contribution >= 4 is 23.4 Å². The molecule has 156 valence electrons. The molecule has 1 heterocycles. The molecular formula is C23H25N3O3S. The van der Waals surface area contributed by atoms with Crippen LogP contribution in [-0.2, 0) is 17.0 Å². The van der Waals surface area contributed by atoms with Crippen LogP contribution in [0, 0.1) is 20.8 Å². The van der Waals surface area contributed by atoms with Crippen LogP contribution < -0.4 is 15.6 Å². The predicted octanol–water partition coefficient (Wildman–Crippen LogP) is 4.18. The second kappa shape index (κ2) is 9.63. The van der Waals surface area contributed by atoms with E-state index in [-0.39, 0.29) is 17.9 Å². The Hall–Kier alpha value is -3.06. The number of amides is 1. The molecule has 0 atom stereocenters. The monoisotopic (exact) mass is 423 g/mol. The van der Waals surface area contributed by atoms with Crippen molar-refractivity contribution in [1.29, 1.82) is 0 Å². The number of benzene rings is 2. The maximum absolute atomic E-state index is 12.6. The number of rotatable bonds is 7. The van der Waals surface area contributed by atoms with Crippen molar-refractivity contribution in [3.8, 4) is 5.75 Å². The number of hydrogen-bond donors (Lipinski definition) is 2. The molecule has 0 spiro atoms. The molecule has 0 aliphatic carbocycles. The van der Waals surface area contributed by atoms with E-state index < -0.39 is 0 Å². The molecule has 3 rings (SSSR count). The minimum absolute atomic E-state index is 0.0311. The first kappa shape index (κ1) is 21.6. The molecule has 1 aromatic heterocycles. The van der Waals surface area contributed by atoms with Crippen molar-refractivity contribution in [3.05, 3.63) is 80.8 Å². The molecule has 7 heteroatoms. The molecule has 0 aliphatic heterocycles. The first-order valence-corrected chi connectivity index (χ1v) is 10.6. The normalized spacial score (nSPS) is 10.7. The van der Waals surface area contributed by atoms with E-state index in [2.05, 4.69) is 15.3 Å². The van der Waals surface area contributed by atoms with Gasteiger partial charge in [0, 0.05) is 17.5 Å². The quantitative estimate of drug-likeness (QED) is 0.440. The lowest BCUT2D eigenvalue weighted by atomic mass is 10.0. The van der Waals surface area contributed by atoms with Gasteiger partial charge in [-0.25, -0.2) is 4.98 Å². The van der Waals surface area contributed by atoms with Gasteiger partial charge in [0.05, 0.1) is 19.2 Å². The highest BCUT2D eigenvalue weighted by atomic mass is 32.2. The maximum atomic E-state index is 12.6. The fourth-order valence-electron chi connectivity index (χ4n) is 3.28. The van der Waals surface area contributed by atoms with Crippen molar-refractivity contribution in [3.63, 3.8) is 0 Å². The number of aromatic nitrogens is 2. The fraction of sp³-hybridized carbons (Fsp3) is 0.261. The molecule has 0 unspecified atom stereocenters. The van der Waals surface area contributed by atoms with Gasteiger partial charge >= 0.3 is 0 Å². The van der Waals surface area contributed by atoms with Crippen LogP contribution in [0.1, 0.15) is 27.9 Å². The summed E-state index contributed by atoms with van der Waals surface area (Å²) in [5, 5.41) is 3.43. The zero-order valence-electron chi connectivity index (χ0n) is 17.5. The fourth-order valence-corrected chi connectivity index (χ4v) is 4.12. The Bertz CT molecular complexity index is 1100. The third kappa shape index (κ3) is 5.73. The summed E-state index contributed by atoms with van der Waals surface area (Å²) >= 11 is 1.40. The Morgan fingerprint density at radius 1 is 1.13 bits per heavy atom. The van der Waals surface area contributed by atoms with Gasteiger partial charge in [-0.3, -0.25) is 9.59 Å². The number of hydrogen-bond acceptors (Lipinski definition) is 5. The SMILES string of the molecule is COc1cccc(CSc2nc(CC(=O)Nc3c(C)cc(C)cc3C)cc(=O)[nH]2)c1. The molecule has 2 aromatic carbocycles. The summed E-state index contributed by atoms with van der Waals surface area (Å²) in [5.41, 5.74) is 5.19. The minimum Gasteiger partial charge on any atom is -0.497 e. The Morgan fingerprint density at radius 3 is 2.57 bits per heavy atom. The number of carbonyl (C=O) groups excluding carboxylic acids is 1. The summed E-state index contributed by atoms with van der Waals surface area (Å²) in [4.78, 5) is 31.8. The number of methoxy groups -OCH3 is 1. The number of nitrogens with zero attached hydrogens (tertiary/aromatic N) is 1. The zero-order chi connectivity index (χ0) is 21.7. The Morgan fingerprint density at radius 2 is 1.87 bits per heavy atom. The van der Waals surface area contributed by atoms with Gasteiger partial charge in [-0.05, 0) is 49.6 Å². The topological polar surface area (TPSA) is 84.1 Å². The first-order valence-electron chi connectivity index (χ1n) is 9.57. The van der Waals surface area contributed by atoms with Crippen molar-refractivity contribution in [1.82, 2.24) is 9.97 Å². The van der Waals surface area contributed by atoms with Crippen LogP contribution in [0.2, 0.25) is 0 Å². The second-order valence-electron chi connectivity index (χ2n) is 7.18. The molecule has 2 N–H and O–H groups in total. The highest BCUT2D eigenvalue weighted by Gasteiger charge is 2.12. The van der Waals surface area contributed by atoms with Crippen LogP contribution in [0.15, 0.2) is 52.4 Å². The van der Waals surface area contributed by atoms with Crippen LogP contribution in [0.4, 0.5) is 5.69 Å². The zero-order valence-corrected chi connectivity index (χ0v) is 18.4. The molecule has 3 aromatic rings. The summed E-state index contributed by atoms with van der Waals surface area (Å²) < 4.78 is 5.23. The maximum Gasteiger partial charge on any atom is 0.251 e. The van der Waals surface area contributed by atoms with Crippen molar-refractivity contribution in [2.45, 2.75) is 38.1 Å². The Balaban J connectivity index is 1.69. The summed E-state index contributed by atoms with van der Waals surface area (Å²) in [6, 6.07) is 13.1. The molecule has 1 amide bonds. The average Bonchev–Trinajstić information content (AvgIpc) is 2.69. The number of ether oxygens (including phenoxy) is 1. The van der Waals surface area contributed by atoms with E-state index in [4.69, 9.17) is 4.74 Å². The van der Waals surface area contributed by atoms with E-state index in [9.17, 15) is 9.59 Å². The number of anilines is 1. The first-order chi connectivity index (χ1) is 14.3. The summed E-state index contributed by atoms with van der Waals surface area (Å²) in [7, 11) is 1.62. The molecule has 0 bridgehead atoms. The largest absolute Gasteiger partial charge is 0.497 e. The van der Waals surface area contributed by atoms with Crippen LogP contribution in [0.5, 0.6) is 5.75 Å². The van der Waals surface area contributed by atoms with Gasteiger partial charge in [0.25, 0.3) is 5.56 Å². The smallest absolute Gasteiger partial charge is 0.251 e. The number of carbonyl (C=O) groups is 1. The van der Waals surface area contributed by atoms with Crippen LogP contribution in [-0.4, -0.2) is 23.0 Å². The number of H-pyrrole nitrogens is 1. The highest BCUT2D eigenvalue weighted by molar-refractivity contribution is 7.98. The number of thioether (sulfide) groups is 1. The lowest BCUT2D eigenvalue weighted by molar-refractivity contribution is -0.115. The molecule has 0 saturated heterocycles. The second-order valence-corrected chi connectivity index (χ2v) is 8.14. The van der Waals surface area contributed by atoms with E-state index in [1.54, 1.807) is 7.11 Å². The van der Waals surface area contributed by atoms with Gasteiger partial charge < -0.3 is 15.0 Å². The minimum atomic E-state index is -0.274. The third-order valence-electron chi connectivity index (χ3n) is 4.57.